The lowest BCUT2D eigenvalue weighted by atomic mass is 9.82. The topological polar surface area (TPSA) is 49.8 Å². The highest BCUT2D eigenvalue weighted by Crippen LogP contribution is 2.34. The molecule has 0 radical (unpaired) electrons. The summed E-state index contributed by atoms with van der Waals surface area (Å²) in [5.41, 5.74) is 0.815. The molecule has 2 rings (SSSR count). The molecule has 1 aromatic rings. The van der Waals surface area contributed by atoms with Gasteiger partial charge in [-0.05, 0) is 38.2 Å². The minimum Gasteiger partial charge on any atom is -0.443 e. The molecular formula is C19H29NO3. The molecule has 1 aromatic carbocycles. The van der Waals surface area contributed by atoms with Crippen LogP contribution in [0.25, 0.3) is 0 Å². The van der Waals surface area contributed by atoms with E-state index in [9.17, 15) is 9.90 Å². The van der Waals surface area contributed by atoms with Gasteiger partial charge in [-0.25, -0.2) is 4.79 Å². The number of carbonyl (C=O) groups excluding carboxylic acids is 1. The third-order valence-corrected chi connectivity index (χ3v) is 4.83. The first kappa shape index (κ1) is 17.8. The molecule has 0 saturated heterocycles. The van der Waals surface area contributed by atoms with Gasteiger partial charge < -0.3 is 14.7 Å². The molecular weight excluding hydrogens is 290 g/mol. The summed E-state index contributed by atoms with van der Waals surface area (Å²) >= 11 is 0. The molecule has 4 heteroatoms. The lowest BCUT2D eigenvalue weighted by Gasteiger charge is -2.34. The lowest BCUT2D eigenvalue weighted by Crippen LogP contribution is -2.40. The summed E-state index contributed by atoms with van der Waals surface area (Å²) in [5.74, 6) is 0.235. The summed E-state index contributed by atoms with van der Waals surface area (Å²) in [6.45, 7) is 5.12. The third kappa shape index (κ3) is 4.71. The molecule has 2 unspecified atom stereocenters. The van der Waals surface area contributed by atoms with E-state index in [1.54, 1.807) is 4.90 Å². The predicted octanol–water partition coefficient (Wildman–Crippen LogP) is 4.15. The number of hydrogen-bond acceptors (Lipinski definition) is 3. The van der Waals surface area contributed by atoms with Crippen molar-refractivity contribution in [3.05, 3.63) is 35.9 Å². The minimum atomic E-state index is -0.765. The van der Waals surface area contributed by atoms with Gasteiger partial charge in [0.25, 0.3) is 0 Å². The van der Waals surface area contributed by atoms with Crippen molar-refractivity contribution < 1.29 is 14.6 Å². The van der Waals surface area contributed by atoms with Crippen molar-refractivity contribution in [1.29, 1.82) is 0 Å². The van der Waals surface area contributed by atoms with Gasteiger partial charge in [0.1, 0.15) is 12.2 Å². The molecule has 23 heavy (non-hydrogen) atoms. The number of carbonyl (C=O) groups is 1. The number of benzene rings is 1. The SMILES string of the molecule is CCN(CC)C(=O)OC(C1CCCCC1)C(O)c1ccccc1. The van der Waals surface area contributed by atoms with E-state index in [1.807, 2.05) is 44.2 Å². The molecule has 0 aromatic heterocycles. The maximum Gasteiger partial charge on any atom is 0.410 e. The molecule has 1 aliphatic rings. The quantitative estimate of drug-likeness (QED) is 0.857. The Labute approximate surface area is 139 Å². The molecule has 1 saturated carbocycles. The van der Waals surface area contributed by atoms with Gasteiger partial charge in [-0.2, -0.15) is 0 Å². The maximum absolute atomic E-state index is 12.4. The van der Waals surface area contributed by atoms with E-state index in [2.05, 4.69) is 0 Å². The van der Waals surface area contributed by atoms with E-state index in [4.69, 9.17) is 4.74 Å². The number of ether oxygens (including phenoxy) is 1. The van der Waals surface area contributed by atoms with Crippen LogP contribution in [-0.4, -0.2) is 35.3 Å². The highest BCUT2D eigenvalue weighted by molar-refractivity contribution is 5.67. The van der Waals surface area contributed by atoms with Gasteiger partial charge in [-0.15, -0.1) is 0 Å². The number of amides is 1. The van der Waals surface area contributed by atoms with Gasteiger partial charge in [0.15, 0.2) is 0 Å². The van der Waals surface area contributed by atoms with Gasteiger partial charge in [0.05, 0.1) is 0 Å². The van der Waals surface area contributed by atoms with E-state index in [0.29, 0.717) is 13.1 Å². The fourth-order valence-corrected chi connectivity index (χ4v) is 3.39. The van der Waals surface area contributed by atoms with Crippen molar-refractivity contribution in [2.45, 2.75) is 58.2 Å². The van der Waals surface area contributed by atoms with Crippen molar-refractivity contribution >= 4 is 6.09 Å². The molecule has 0 bridgehead atoms. The monoisotopic (exact) mass is 319 g/mol. The summed E-state index contributed by atoms with van der Waals surface area (Å²) < 4.78 is 5.79. The molecule has 1 amide bonds. The summed E-state index contributed by atoms with van der Waals surface area (Å²) in [6, 6.07) is 9.52. The van der Waals surface area contributed by atoms with Gasteiger partial charge >= 0.3 is 6.09 Å². The van der Waals surface area contributed by atoms with Gasteiger partial charge in [0, 0.05) is 13.1 Å². The predicted molar refractivity (Wildman–Crippen MR) is 91.2 cm³/mol. The molecule has 0 heterocycles. The van der Waals surface area contributed by atoms with Crippen LogP contribution in [0.3, 0.4) is 0 Å². The first-order chi connectivity index (χ1) is 11.2. The molecule has 2 atom stereocenters. The van der Waals surface area contributed by atoms with Crippen molar-refractivity contribution in [3.63, 3.8) is 0 Å². The second kappa shape index (κ2) is 8.92. The highest BCUT2D eigenvalue weighted by Gasteiger charge is 2.34. The zero-order valence-electron chi connectivity index (χ0n) is 14.3. The smallest absolute Gasteiger partial charge is 0.410 e. The molecule has 1 N–H and O–H groups in total. The number of hydrogen-bond donors (Lipinski definition) is 1. The van der Waals surface area contributed by atoms with Gasteiger partial charge in [-0.3, -0.25) is 0 Å². The van der Waals surface area contributed by atoms with Crippen molar-refractivity contribution in [3.8, 4) is 0 Å². The number of aliphatic hydroxyl groups excluding tert-OH is 1. The molecule has 4 nitrogen and oxygen atoms in total. The first-order valence-corrected chi connectivity index (χ1v) is 8.85. The third-order valence-electron chi connectivity index (χ3n) is 4.83. The number of nitrogens with zero attached hydrogens (tertiary/aromatic N) is 1. The maximum atomic E-state index is 12.4. The van der Waals surface area contributed by atoms with Crippen LogP contribution in [0.1, 0.15) is 57.6 Å². The zero-order valence-corrected chi connectivity index (χ0v) is 14.3. The van der Waals surface area contributed by atoms with Crippen LogP contribution < -0.4 is 0 Å². The highest BCUT2D eigenvalue weighted by atomic mass is 16.6. The van der Waals surface area contributed by atoms with Crippen LogP contribution in [0.15, 0.2) is 30.3 Å². The van der Waals surface area contributed by atoms with Crippen LogP contribution >= 0.6 is 0 Å². The van der Waals surface area contributed by atoms with Crippen molar-refractivity contribution in [2.24, 2.45) is 5.92 Å². The summed E-state index contributed by atoms with van der Waals surface area (Å²) in [7, 11) is 0. The van der Waals surface area contributed by atoms with Crippen LogP contribution in [-0.2, 0) is 4.74 Å². The summed E-state index contributed by atoms with van der Waals surface area (Å²) in [6.07, 6.45) is 4.00. The second-order valence-corrected chi connectivity index (χ2v) is 6.27. The van der Waals surface area contributed by atoms with E-state index in [-0.39, 0.29) is 12.0 Å². The van der Waals surface area contributed by atoms with E-state index in [1.165, 1.54) is 6.42 Å². The second-order valence-electron chi connectivity index (χ2n) is 6.27. The molecule has 1 aliphatic carbocycles. The van der Waals surface area contributed by atoms with E-state index >= 15 is 0 Å². The first-order valence-electron chi connectivity index (χ1n) is 8.85. The fourth-order valence-electron chi connectivity index (χ4n) is 3.39. The zero-order chi connectivity index (χ0) is 16.7. The average Bonchev–Trinajstić information content (AvgIpc) is 2.61. The standard InChI is InChI=1S/C19H29NO3/c1-3-20(4-2)19(22)23-18(16-13-9-6-10-14-16)17(21)15-11-7-5-8-12-15/h5,7-8,11-12,16-18,21H,3-4,6,9-10,13-14H2,1-2H3. The summed E-state index contributed by atoms with van der Waals surface area (Å²) in [5, 5.41) is 10.8. The average molecular weight is 319 g/mol. The minimum absolute atomic E-state index is 0.235. The Morgan fingerprint density at radius 2 is 1.78 bits per heavy atom. The molecule has 0 aliphatic heterocycles. The normalized spacial score (nSPS) is 18.2. The molecule has 0 spiro atoms. The van der Waals surface area contributed by atoms with Crippen LogP contribution in [0, 0.1) is 5.92 Å². The Morgan fingerprint density at radius 3 is 2.35 bits per heavy atom. The van der Waals surface area contributed by atoms with E-state index < -0.39 is 12.2 Å². The van der Waals surface area contributed by atoms with Crippen LogP contribution in [0.5, 0.6) is 0 Å². The molecule has 128 valence electrons. The van der Waals surface area contributed by atoms with E-state index in [0.717, 1.165) is 31.2 Å². The lowest BCUT2D eigenvalue weighted by molar-refractivity contribution is -0.0496. The van der Waals surface area contributed by atoms with Crippen LogP contribution in [0.4, 0.5) is 4.79 Å². The van der Waals surface area contributed by atoms with Crippen molar-refractivity contribution in [1.82, 2.24) is 4.90 Å². The number of aliphatic hydroxyl groups is 1. The van der Waals surface area contributed by atoms with Gasteiger partial charge in [0.2, 0.25) is 0 Å². The Hall–Kier alpha value is -1.55. The van der Waals surface area contributed by atoms with Gasteiger partial charge in [-0.1, -0.05) is 49.6 Å². The van der Waals surface area contributed by atoms with Crippen molar-refractivity contribution in [2.75, 3.05) is 13.1 Å². The fraction of sp³-hybridized carbons (Fsp3) is 0.632. The Balaban J connectivity index is 2.15. The Bertz CT molecular complexity index is 467. The number of rotatable bonds is 6. The Morgan fingerprint density at radius 1 is 1.17 bits per heavy atom. The largest absolute Gasteiger partial charge is 0.443 e. The summed E-state index contributed by atoms with van der Waals surface area (Å²) in [4.78, 5) is 14.0. The Kier molecular flexibility index (Phi) is 6.90. The molecule has 1 fully saturated rings. The van der Waals surface area contributed by atoms with Crippen LogP contribution in [0.2, 0.25) is 0 Å².